The highest BCUT2D eigenvalue weighted by molar-refractivity contribution is 9.10. The van der Waals surface area contributed by atoms with E-state index in [0.29, 0.717) is 16.6 Å². The molecule has 110 valence electrons. The molecule has 3 rings (SSSR count). The number of nitrogens with one attached hydrogen (secondary N) is 2. The quantitative estimate of drug-likeness (QED) is 0.496. The number of anilines is 1. The number of phenolic OH excluding ortho intramolecular Hbond substituents is 1. The number of para-hydroxylation sites is 2. The number of halogens is 1. The minimum absolute atomic E-state index is 0.0874. The topological polar surface area (TPSA) is 90.4 Å². The Morgan fingerprint density at radius 2 is 2.09 bits per heavy atom. The number of fused-ring (bicyclic) bond motifs is 1. The predicted molar refractivity (Wildman–Crippen MR) is 89.4 cm³/mol. The van der Waals surface area contributed by atoms with E-state index >= 15 is 0 Å². The summed E-state index contributed by atoms with van der Waals surface area (Å²) in [5.41, 5.74) is 4.05. The van der Waals surface area contributed by atoms with Gasteiger partial charge in [0.1, 0.15) is 5.75 Å². The van der Waals surface area contributed by atoms with Crippen LogP contribution in [0.2, 0.25) is 0 Å². The molecule has 3 N–H and O–H groups in total. The van der Waals surface area contributed by atoms with E-state index in [4.69, 9.17) is 0 Å². The van der Waals surface area contributed by atoms with E-state index in [-0.39, 0.29) is 17.1 Å². The Hall–Kier alpha value is -2.67. The van der Waals surface area contributed by atoms with Gasteiger partial charge < -0.3 is 10.1 Å². The van der Waals surface area contributed by atoms with E-state index in [0.717, 1.165) is 4.47 Å². The number of hydrogen-bond donors (Lipinski definition) is 3. The normalized spacial score (nSPS) is 11.1. The van der Waals surface area contributed by atoms with E-state index in [1.807, 2.05) is 12.1 Å². The van der Waals surface area contributed by atoms with Gasteiger partial charge in [0.25, 0.3) is 5.56 Å². The number of aromatic amines is 1. The van der Waals surface area contributed by atoms with Gasteiger partial charge in [-0.05, 0) is 30.3 Å². The molecule has 0 amide bonds. The molecule has 0 saturated heterocycles. The number of hydrazone groups is 1. The highest BCUT2D eigenvalue weighted by Crippen LogP contribution is 2.20. The maximum atomic E-state index is 11.9. The van der Waals surface area contributed by atoms with E-state index < -0.39 is 0 Å². The standard InChI is InChI=1S/C15H11BrN4O2/c16-10-5-6-13(21)9(7-10)8-17-20-14-15(22)19-12-4-2-1-3-11(12)18-14/h1-8,21H,(H,18,20)(H,19,22)/b17-8+. The molecule has 7 heteroatoms. The third kappa shape index (κ3) is 2.99. The van der Waals surface area contributed by atoms with Gasteiger partial charge in [-0.2, -0.15) is 5.10 Å². The highest BCUT2D eigenvalue weighted by Gasteiger charge is 2.03. The van der Waals surface area contributed by atoms with Gasteiger partial charge in [-0.3, -0.25) is 10.2 Å². The molecule has 2 aromatic carbocycles. The lowest BCUT2D eigenvalue weighted by Gasteiger charge is -2.02. The van der Waals surface area contributed by atoms with Crippen LogP contribution in [-0.4, -0.2) is 21.3 Å². The van der Waals surface area contributed by atoms with Crippen LogP contribution in [0.25, 0.3) is 11.0 Å². The van der Waals surface area contributed by atoms with Crippen molar-refractivity contribution in [3.8, 4) is 5.75 Å². The predicted octanol–water partition coefficient (Wildman–Crippen LogP) is 2.84. The molecule has 1 heterocycles. The van der Waals surface area contributed by atoms with Crippen LogP contribution in [0.15, 0.2) is 56.8 Å². The molecule has 0 bridgehead atoms. The van der Waals surface area contributed by atoms with Crippen molar-refractivity contribution in [2.75, 3.05) is 5.43 Å². The molecule has 0 aliphatic carbocycles. The maximum absolute atomic E-state index is 11.9. The Balaban J connectivity index is 1.87. The molecule has 3 aromatic rings. The summed E-state index contributed by atoms with van der Waals surface area (Å²) in [5, 5.41) is 13.6. The summed E-state index contributed by atoms with van der Waals surface area (Å²) in [6.07, 6.45) is 1.41. The van der Waals surface area contributed by atoms with E-state index in [2.05, 4.69) is 36.4 Å². The lowest BCUT2D eigenvalue weighted by atomic mass is 10.2. The van der Waals surface area contributed by atoms with Gasteiger partial charge in [-0.1, -0.05) is 28.1 Å². The van der Waals surface area contributed by atoms with Crippen LogP contribution in [-0.2, 0) is 0 Å². The largest absolute Gasteiger partial charge is 0.507 e. The van der Waals surface area contributed by atoms with Crippen LogP contribution in [0.1, 0.15) is 5.56 Å². The molecule has 0 saturated carbocycles. The lowest BCUT2D eigenvalue weighted by molar-refractivity contribution is 0.474. The van der Waals surface area contributed by atoms with Crippen molar-refractivity contribution in [2.45, 2.75) is 0 Å². The first kappa shape index (κ1) is 14.3. The number of aromatic hydroxyl groups is 1. The Labute approximate surface area is 133 Å². The summed E-state index contributed by atoms with van der Waals surface area (Å²) in [7, 11) is 0. The monoisotopic (exact) mass is 358 g/mol. The number of benzene rings is 2. The molecule has 1 aromatic heterocycles. The molecule has 0 unspecified atom stereocenters. The third-order valence-electron chi connectivity index (χ3n) is 2.96. The molecular weight excluding hydrogens is 348 g/mol. The van der Waals surface area contributed by atoms with Gasteiger partial charge in [0, 0.05) is 10.0 Å². The first-order chi connectivity index (χ1) is 10.6. The number of hydrogen-bond acceptors (Lipinski definition) is 5. The molecular formula is C15H11BrN4O2. The maximum Gasteiger partial charge on any atom is 0.293 e. The second-order valence-corrected chi connectivity index (χ2v) is 5.42. The van der Waals surface area contributed by atoms with Gasteiger partial charge in [0.2, 0.25) is 5.82 Å². The summed E-state index contributed by atoms with van der Waals surface area (Å²) in [6.45, 7) is 0. The molecule has 0 aliphatic rings. The van der Waals surface area contributed by atoms with Crippen LogP contribution in [0, 0.1) is 0 Å². The first-order valence-electron chi connectivity index (χ1n) is 6.40. The summed E-state index contributed by atoms with van der Waals surface area (Å²) < 4.78 is 0.813. The lowest BCUT2D eigenvalue weighted by Crippen LogP contribution is -2.13. The van der Waals surface area contributed by atoms with Crippen molar-refractivity contribution in [2.24, 2.45) is 5.10 Å². The van der Waals surface area contributed by atoms with Gasteiger partial charge in [0.15, 0.2) is 0 Å². The fraction of sp³-hybridized carbons (Fsp3) is 0. The van der Waals surface area contributed by atoms with Gasteiger partial charge in [-0.15, -0.1) is 0 Å². The van der Waals surface area contributed by atoms with Crippen molar-refractivity contribution in [1.82, 2.24) is 9.97 Å². The van der Waals surface area contributed by atoms with E-state index in [1.165, 1.54) is 6.21 Å². The third-order valence-corrected chi connectivity index (χ3v) is 3.46. The summed E-state index contributed by atoms with van der Waals surface area (Å²) in [6, 6.07) is 12.2. The second kappa shape index (κ2) is 5.98. The Morgan fingerprint density at radius 3 is 2.95 bits per heavy atom. The van der Waals surface area contributed by atoms with Gasteiger partial charge >= 0.3 is 0 Å². The zero-order chi connectivity index (χ0) is 15.5. The fourth-order valence-electron chi connectivity index (χ4n) is 1.90. The van der Waals surface area contributed by atoms with Crippen LogP contribution in [0.3, 0.4) is 0 Å². The number of aromatic nitrogens is 2. The summed E-state index contributed by atoms with van der Waals surface area (Å²) in [5.74, 6) is 0.179. The number of rotatable bonds is 3. The van der Waals surface area contributed by atoms with E-state index in [1.54, 1.807) is 30.3 Å². The molecule has 0 aliphatic heterocycles. The van der Waals surface area contributed by atoms with Crippen LogP contribution in [0.5, 0.6) is 5.75 Å². The van der Waals surface area contributed by atoms with Crippen molar-refractivity contribution >= 4 is 39.0 Å². The SMILES string of the molecule is O=c1[nH]c2ccccc2nc1N/N=C/c1cc(Br)ccc1O. The summed E-state index contributed by atoms with van der Waals surface area (Å²) in [4.78, 5) is 18.8. The average molecular weight is 359 g/mol. The van der Waals surface area contributed by atoms with Gasteiger partial charge in [0.05, 0.1) is 17.2 Å². The molecule has 0 fully saturated rings. The van der Waals surface area contributed by atoms with Crippen molar-refractivity contribution in [1.29, 1.82) is 0 Å². The molecule has 0 radical (unpaired) electrons. The van der Waals surface area contributed by atoms with E-state index in [9.17, 15) is 9.90 Å². The zero-order valence-electron chi connectivity index (χ0n) is 11.2. The minimum Gasteiger partial charge on any atom is -0.507 e. The number of phenols is 1. The zero-order valence-corrected chi connectivity index (χ0v) is 12.8. The Kier molecular flexibility index (Phi) is 3.88. The molecule has 22 heavy (non-hydrogen) atoms. The van der Waals surface area contributed by atoms with Crippen molar-refractivity contribution in [3.05, 3.63) is 62.9 Å². The smallest absolute Gasteiger partial charge is 0.293 e. The second-order valence-electron chi connectivity index (χ2n) is 4.50. The van der Waals surface area contributed by atoms with Crippen LogP contribution in [0.4, 0.5) is 5.82 Å². The van der Waals surface area contributed by atoms with Crippen LogP contribution >= 0.6 is 15.9 Å². The van der Waals surface area contributed by atoms with Crippen molar-refractivity contribution < 1.29 is 5.11 Å². The fourth-order valence-corrected chi connectivity index (χ4v) is 2.28. The van der Waals surface area contributed by atoms with Gasteiger partial charge in [-0.25, -0.2) is 4.98 Å². The summed E-state index contributed by atoms with van der Waals surface area (Å²) >= 11 is 3.31. The Bertz CT molecular complexity index is 921. The average Bonchev–Trinajstić information content (AvgIpc) is 2.51. The van der Waals surface area contributed by atoms with Crippen LogP contribution < -0.4 is 11.0 Å². The van der Waals surface area contributed by atoms with Crippen molar-refractivity contribution in [3.63, 3.8) is 0 Å². The number of H-pyrrole nitrogens is 1. The molecule has 0 atom stereocenters. The Morgan fingerprint density at radius 1 is 1.27 bits per heavy atom. The minimum atomic E-state index is -0.366. The molecule has 6 nitrogen and oxygen atoms in total. The highest BCUT2D eigenvalue weighted by atomic mass is 79.9. The first-order valence-corrected chi connectivity index (χ1v) is 7.19. The molecule has 0 spiro atoms. The number of nitrogens with zero attached hydrogens (tertiary/aromatic N) is 2.